The molecule has 0 aromatic heterocycles. The predicted octanol–water partition coefficient (Wildman–Crippen LogP) is 4.27. The highest BCUT2D eigenvalue weighted by atomic mass is 16.5. The number of carbonyl (C=O) groups is 3. The van der Waals surface area contributed by atoms with Gasteiger partial charge in [-0.3, -0.25) is 4.79 Å². The van der Waals surface area contributed by atoms with Gasteiger partial charge in [-0.15, -0.1) is 0 Å². The van der Waals surface area contributed by atoms with E-state index in [0.29, 0.717) is 12.8 Å². The second kappa shape index (κ2) is 11.1. The van der Waals surface area contributed by atoms with Crippen LogP contribution in [-0.2, 0) is 19.1 Å². The molecule has 1 atom stereocenters. The normalized spacial score (nSPS) is 12.9. The predicted molar refractivity (Wildman–Crippen MR) is 119 cm³/mol. The van der Waals surface area contributed by atoms with Crippen LogP contribution in [0.2, 0.25) is 0 Å². The number of fused-ring (bicyclic) bond motifs is 3. The minimum Gasteiger partial charge on any atom is -0.480 e. The maximum Gasteiger partial charge on any atom is 0.407 e. The third kappa shape index (κ3) is 5.75. The summed E-state index contributed by atoms with van der Waals surface area (Å²) in [5, 5.41) is 11.8. The van der Waals surface area contributed by atoms with Gasteiger partial charge in [-0.25, -0.2) is 9.59 Å². The summed E-state index contributed by atoms with van der Waals surface area (Å²) >= 11 is 0. The van der Waals surface area contributed by atoms with E-state index in [9.17, 15) is 19.5 Å². The number of hydrogen-bond acceptors (Lipinski definition) is 5. The summed E-state index contributed by atoms with van der Waals surface area (Å²) in [5.41, 5.74) is 4.40. The van der Waals surface area contributed by atoms with Crippen LogP contribution in [0.5, 0.6) is 0 Å². The van der Waals surface area contributed by atoms with Crippen molar-refractivity contribution in [1.82, 2.24) is 5.32 Å². The van der Waals surface area contributed by atoms with Crippen molar-refractivity contribution < 1.29 is 29.0 Å². The second-order valence-electron chi connectivity index (χ2n) is 7.58. The van der Waals surface area contributed by atoms with Crippen molar-refractivity contribution in [1.29, 1.82) is 0 Å². The summed E-state index contributed by atoms with van der Waals surface area (Å²) in [6.45, 7) is 3.73. The number of carbonyl (C=O) groups excluding carboxylic acids is 2. The fraction of sp³-hybridized carbons (Fsp3) is 0.320. The van der Waals surface area contributed by atoms with E-state index in [4.69, 9.17) is 9.47 Å². The number of esters is 1. The summed E-state index contributed by atoms with van der Waals surface area (Å²) in [5.74, 6) is -1.60. The molecule has 0 saturated carbocycles. The van der Waals surface area contributed by atoms with Crippen LogP contribution in [0.15, 0.2) is 61.2 Å². The van der Waals surface area contributed by atoms with Crippen molar-refractivity contribution in [2.75, 3.05) is 13.2 Å². The van der Waals surface area contributed by atoms with E-state index in [0.717, 1.165) is 22.3 Å². The summed E-state index contributed by atoms with van der Waals surface area (Å²) in [4.78, 5) is 35.3. The Hall–Kier alpha value is -3.61. The van der Waals surface area contributed by atoms with Crippen LogP contribution in [0.4, 0.5) is 4.79 Å². The lowest BCUT2D eigenvalue weighted by Gasteiger charge is -2.17. The molecule has 1 aliphatic carbocycles. The monoisotopic (exact) mass is 437 g/mol. The Morgan fingerprint density at radius 3 is 2.22 bits per heavy atom. The second-order valence-corrected chi connectivity index (χ2v) is 7.58. The zero-order valence-corrected chi connectivity index (χ0v) is 17.8. The number of rotatable bonds is 11. The average molecular weight is 437 g/mol. The van der Waals surface area contributed by atoms with Crippen LogP contribution in [-0.4, -0.2) is 42.4 Å². The quantitative estimate of drug-likeness (QED) is 0.309. The number of nitrogens with one attached hydrogen (secondary N) is 1. The van der Waals surface area contributed by atoms with Gasteiger partial charge in [-0.1, -0.05) is 67.6 Å². The number of amides is 1. The zero-order valence-electron chi connectivity index (χ0n) is 17.8. The molecule has 32 heavy (non-hydrogen) atoms. The van der Waals surface area contributed by atoms with E-state index in [1.54, 1.807) is 0 Å². The number of unbranched alkanes of at least 4 members (excludes halogenated alkanes) is 1. The molecule has 1 aliphatic rings. The Kier molecular flexibility index (Phi) is 8.02. The van der Waals surface area contributed by atoms with Gasteiger partial charge in [0.15, 0.2) is 0 Å². The summed E-state index contributed by atoms with van der Waals surface area (Å²) in [7, 11) is 0. The number of hydrogen-bond donors (Lipinski definition) is 2. The largest absolute Gasteiger partial charge is 0.480 e. The third-order valence-electron chi connectivity index (χ3n) is 5.42. The van der Waals surface area contributed by atoms with Crippen molar-refractivity contribution in [3.8, 4) is 11.1 Å². The Balaban J connectivity index is 1.50. The third-order valence-corrected chi connectivity index (χ3v) is 5.42. The van der Waals surface area contributed by atoms with Gasteiger partial charge in [0, 0.05) is 12.3 Å². The van der Waals surface area contributed by atoms with Gasteiger partial charge in [-0.05, 0) is 35.1 Å². The van der Waals surface area contributed by atoms with Gasteiger partial charge in [0.25, 0.3) is 0 Å². The molecule has 0 radical (unpaired) electrons. The van der Waals surface area contributed by atoms with Gasteiger partial charge < -0.3 is 19.9 Å². The maximum absolute atomic E-state index is 12.3. The molecule has 2 N–H and O–H groups in total. The summed E-state index contributed by atoms with van der Waals surface area (Å²) < 4.78 is 10.3. The van der Waals surface area contributed by atoms with Crippen molar-refractivity contribution in [2.24, 2.45) is 0 Å². The first-order valence-corrected chi connectivity index (χ1v) is 10.6. The molecule has 2 aromatic carbocycles. The molecule has 0 bridgehead atoms. The SMILES string of the molecule is C=CCOC(=O)CCCC[C@H](NC(=O)OCC1c2ccccc2-c2ccccc21)C(=O)O. The van der Waals surface area contributed by atoms with E-state index in [1.165, 1.54) is 6.08 Å². The molecule has 7 nitrogen and oxygen atoms in total. The number of carboxylic acids is 1. The number of ether oxygens (including phenoxy) is 2. The highest BCUT2D eigenvalue weighted by Gasteiger charge is 2.29. The molecule has 1 amide bonds. The molecular weight excluding hydrogens is 410 g/mol. The number of aliphatic carboxylic acids is 1. The summed E-state index contributed by atoms with van der Waals surface area (Å²) in [6.07, 6.45) is 2.00. The van der Waals surface area contributed by atoms with Crippen molar-refractivity contribution >= 4 is 18.0 Å². The molecule has 0 fully saturated rings. The lowest BCUT2D eigenvalue weighted by molar-refractivity contribution is -0.142. The first-order valence-electron chi connectivity index (χ1n) is 10.6. The Morgan fingerprint density at radius 1 is 1.00 bits per heavy atom. The topological polar surface area (TPSA) is 102 Å². The van der Waals surface area contributed by atoms with E-state index in [1.807, 2.05) is 48.5 Å². The molecule has 3 rings (SSSR count). The van der Waals surface area contributed by atoms with Crippen LogP contribution >= 0.6 is 0 Å². The van der Waals surface area contributed by atoms with Gasteiger partial charge >= 0.3 is 18.0 Å². The Morgan fingerprint density at radius 2 is 1.62 bits per heavy atom. The first-order chi connectivity index (χ1) is 15.5. The molecule has 2 aromatic rings. The molecule has 7 heteroatoms. The van der Waals surface area contributed by atoms with E-state index < -0.39 is 18.1 Å². The molecule has 0 heterocycles. The standard InChI is InChI=1S/C25H27NO6/c1-2-15-31-23(27)14-8-7-13-22(24(28)29)26-25(30)32-16-21-19-11-5-3-9-17(19)18-10-4-6-12-20(18)21/h2-6,9-12,21-22H,1,7-8,13-16H2,(H,26,30)(H,28,29)/t22-/m0/s1. The molecule has 0 spiro atoms. The Bertz CT molecular complexity index is 940. The molecular formula is C25H27NO6. The van der Waals surface area contributed by atoms with Gasteiger partial charge in [0.1, 0.15) is 19.3 Å². The minimum atomic E-state index is -1.15. The Labute approximate surface area is 187 Å². The molecule has 168 valence electrons. The van der Waals surface area contributed by atoms with Crippen molar-refractivity contribution in [2.45, 2.75) is 37.6 Å². The first kappa shape index (κ1) is 23.1. The number of benzene rings is 2. The van der Waals surface area contributed by atoms with Crippen LogP contribution in [0.1, 0.15) is 42.7 Å². The fourth-order valence-electron chi connectivity index (χ4n) is 3.88. The van der Waals surface area contributed by atoms with E-state index >= 15 is 0 Å². The number of alkyl carbamates (subject to hydrolysis) is 1. The van der Waals surface area contributed by atoms with Crippen LogP contribution in [0.25, 0.3) is 11.1 Å². The molecule has 0 saturated heterocycles. The summed E-state index contributed by atoms with van der Waals surface area (Å²) in [6, 6.07) is 14.9. The van der Waals surface area contributed by atoms with Crippen LogP contribution < -0.4 is 5.32 Å². The van der Waals surface area contributed by atoms with Gasteiger partial charge in [-0.2, -0.15) is 0 Å². The van der Waals surface area contributed by atoms with Crippen LogP contribution in [0, 0.1) is 0 Å². The van der Waals surface area contributed by atoms with Crippen molar-refractivity contribution in [3.05, 3.63) is 72.3 Å². The molecule has 0 aliphatic heterocycles. The highest BCUT2D eigenvalue weighted by Crippen LogP contribution is 2.44. The lowest BCUT2D eigenvalue weighted by Crippen LogP contribution is -2.41. The number of carboxylic acid groups (broad SMARTS) is 1. The van der Waals surface area contributed by atoms with E-state index in [2.05, 4.69) is 11.9 Å². The van der Waals surface area contributed by atoms with Crippen molar-refractivity contribution in [3.63, 3.8) is 0 Å². The van der Waals surface area contributed by atoms with E-state index in [-0.39, 0.29) is 37.9 Å². The van der Waals surface area contributed by atoms with Crippen LogP contribution in [0.3, 0.4) is 0 Å². The lowest BCUT2D eigenvalue weighted by atomic mass is 9.98. The maximum atomic E-state index is 12.3. The van der Waals surface area contributed by atoms with Gasteiger partial charge in [0.05, 0.1) is 0 Å². The van der Waals surface area contributed by atoms with Gasteiger partial charge in [0.2, 0.25) is 0 Å². The highest BCUT2D eigenvalue weighted by molar-refractivity contribution is 5.81. The smallest absolute Gasteiger partial charge is 0.407 e. The molecule has 0 unspecified atom stereocenters. The average Bonchev–Trinajstić information content (AvgIpc) is 3.12. The fourth-order valence-corrected chi connectivity index (χ4v) is 3.88. The zero-order chi connectivity index (χ0) is 22.9. The minimum absolute atomic E-state index is 0.0991.